The Morgan fingerprint density at radius 1 is 1.07 bits per heavy atom. The number of hydrogen-bond acceptors (Lipinski definition) is 6. The van der Waals surface area contributed by atoms with Gasteiger partial charge < -0.3 is 18.9 Å². The van der Waals surface area contributed by atoms with E-state index in [9.17, 15) is 9.59 Å². The molecule has 0 unspecified atom stereocenters. The molecule has 1 aliphatic rings. The van der Waals surface area contributed by atoms with Crippen LogP contribution < -0.4 is 4.90 Å². The first-order valence-electron chi connectivity index (χ1n) is 8.90. The second kappa shape index (κ2) is 7.72. The SMILES string of the molecule is COC(=O)C1=C(C(=O)OC)N(c2ccc3c(c2)nc(C(C)C)n3C)C=CC=C1. The van der Waals surface area contributed by atoms with Gasteiger partial charge in [0.05, 0.1) is 30.8 Å². The third-order valence-electron chi connectivity index (χ3n) is 4.58. The number of aryl methyl sites for hydroxylation is 1. The van der Waals surface area contributed by atoms with Gasteiger partial charge in [-0.2, -0.15) is 0 Å². The summed E-state index contributed by atoms with van der Waals surface area (Å²) in [5.74, 6) is -0.00857. The largest absolute Gasteiger partial charge is 0.465 e. The van der Waals surface area contributed by atoms with Crippen LogP contribution in [-0.4, -0.2) is 35.7 Å². The lowest BCUT2D eigenvalue weighted by atomic mass is 10.1. The quantitative estimate of drug-likeness (QED) is 0.758. The van der Waals surface area contributed by atoms with Crippen molar-refractivity contribution in [3.05, 3.63) is 59.7 Å². The number of anilines is 1. The number of ether oxygens (including phenoxy) is 2. The maximum Gasteiger partial charge on any atom is 0.355 e. The van der Waals surface area contributed by atoms with Gasteiger partial charge in [0, 0.05) is 24.9 Å². The molecule has 0 atom stereocenters. The molecule has 1 aromatic heterocycles. The van der Waals surface area contributed by atoms with Crippen LogP contribution in [0.15, 0.2) is 53.9 Å². The van der Waals surface area contributed by atoms with Crippen molar-refractivity contribution < 1.29 is 19.1 Å². The molecule has 0 aliphatic carbocycles. The lowest BCUT2D eigenvalue weighted by molar-refractivity contribution is -0.139. The Bertz CT molecular complexity index is 1030. The minimum atomic E-state index is -0.638. The van der Waals surface area contributed by atoms with Gasteiger partial charge in [0.1, 0.15) is 11.5 Å². The third kappa shape index (κ3) is 3.31. The number of fused-ring (bicyclic) bond motifs is 1. The zero-order chi connectivity index (χ0) is 20.4. The standard InChI is InChI=1S/C21H23N3O4/c1-13(2)19-22-16-12-14(9-10-17(16)23(19)3)24-11-7-6-8-15(20(25)27-4)18(24)21(26)28-5/h6-13H,1-5H3. The Balaban J connectivity index is 2.19. The molecule has 28 heavy (non-hydrogen) atoms. The number of hydrogen-bond donors (Lipinski definition) is 0. The van der Waals surface area contributed by atoms with Crippen molar-refractivity contribution in [2.45, 2.75) is 19.8 Å². The molecular weight excluding hydrogens is 358 g/mol. The number of allylic oxidation sites excluding steroid dienone is 2. The number of carbonyl (C=O) groups excluding carboxylic acids is 2. The highest BCUT2D eigenvalue weighted by molar-refractivity contribution is 6.05. The topological polar surface area (TPSA) is 73.7 Å². The van der Waals surface area contributed by atoms with Gasteiger partial charge in [0.25, 0.3) is 0 Å². The molecule has 3 rings (SSSR count). The Morgan fingerprint density at radius 3 is 2.43 bits per heavy atom. The van der Waals surface area contributed by atoms with Crippen LogP contribution in [0.4, 0.5) is 5.69 Å². The maximum atomic E-state index is 12.5. The lowest BCUT2D eigenvalue weighted by Gasteiger charge is -2.23. The number of benzene rings is 1. The van der Waals surface area contributed by atoms with Crippen molar-refractivity contribution in [1.29, 1.82) is 0 Å². The summed E-state index contributed by atoms with van der Waals surface area (Å²) in [4.78, 5) is 31.1. The molecule has 2 heterocycles. The molecule has 0 amide bonds. The van der Waals surface area contributed by atoms with E-state index in [1.54, 1.807) is 23.3 Å². The molecule has 0 saturated carbocycles. The molecule has 2 aromatic rings. The van der Waals surface area contributed by atoms with E-state index in [1.165, 1.54) is 20.3 Å². The first-order chi connectivity index (χ1) is 13.4. The molecule has 7 nitrogen and oxygen atoms in total. The molecule has 1 aliphatic heterocycles. The summed E-state index contributed by atoms with van der Waals surface area (Å²) in [6.07, 6.45) is 6.64. The zero-order valence-electron chi connectivity index (χ0n) is 16.6. The summed E-state index contributed by atoms with van der Waals surface area (Å²) < 4.78 is 11.8. The highest BCUT2D eigenvalue weighted by Crippen LogP contribution is 2.30. The van der Waals surface area contributed by atoms with Gasteiger partial charge in [-0.1, -0.05) is 19.9 Å². The summed E-state index contributed by atoms with van der Waals surface area (Å²) >= 11 is 0. The predicted octanol–water partition coefficient (Wildman–Crippen LogP) is 3.19. The van der Waals surface area contributed by atoms with E-state index < -0.39 is 11.9 Å². The average molecular weight is 381 g/mol. The van der Waals surface area contributed by atoms with Crippen LogP contribution in [0.25, 0.3) is 11.0 Å². The summed E-state index contributed by atoms with van der Waals surface area (Å²) in [5.41, 5.74) is 2.67. The number of imidazole rings is 1. The fraction of sp³-hybridized carbons (Fsp3) is 0.286. The third-order valence-corrected chi connectivity index (χ3v) is 4.58. The van der Waals surface area contributed by atoms with Gasteiger partial charge in [-0.05, 0) is 30.4 Å². The van der Waals surface area contributed by atoms with E-state index in [2.05, 4.69) is 18.4 Å². The molecule has 7 heteroatoms. The summed E-state index contributed by atoms with van der Waals surface area (Å²) in [5, 5.41) is 0. The number of nitrogens with zero attached hydrogens (tertiary/aromatic N) is 3. The monoisotopic (exact) mass is 381 g/mol. The zero-order valence-corrected chi connectivity index (χ0v) is 16.6. The first-order valence-corrected chi connectivity index (χ1v) is 8.90. The highest BCUT2D eigenvalue weighted by atomic mass is 16.5. The molecule has 0 fully saturated rings. The van der Waals surface area contributed by atoms with Crippen LogP contribution in [0.2, 0.25) is 0 Å². The second-order valence-corrected chi connectivity index (χ2v) is 6.67. The minimum absolute atomic E-state index is 0.0821. The Kier molecular flexibility index (Phi) is 5.35. The van der Waals surface area contributed by atoms with Crippen molar-refractivity contribution in [1.82, 2.24) is 9.55 Å². The van der Waals surface area contributed by atoms with E-state index in [-0.39, 0.29) is 17.2 Å². The lowest BCUT2D eigenvalue weighted by Crippen LogP contribution is -2.26. The van der Waals surface area contributed by atoms with Gasteiger partial charge >= 0.3 is 11.9 Å². The van der Waals surface area contributed by atoms with Gasteiger partial charge in [-0.25, -0.2) is 14.6 Å². The Labute approximate surface area is 163 Å². The fourth-order valence-electron chi connectivity index (χ4n) is 3.24. The number of methoxy groups -OCH3 is 2. The molecule has 0 spiro atoms. The number of carbonyl (C=O) groups is 2. The van der Waals surface area contributed by atoms with E-state index >= 15 is 0 Å². The Morgan fingerprint density at radius 2 is 1.79 bits per heavy atom. The van der Waals surface area contributed by atoms with E-state index in [0.29, 0.717) is 5.69 Å². The van der Waals surface area contributed by atoms with Gasteiger partial charge in [0.15, 0.2) is 0 Å². The van der Waals surface area contributed by atoms with E-state index in [1.807, 2.05) is 25.2 Å². The number of esters is 2. The summed E-state index contributed by atoms with van der Waals surface area (Å²) in [6.45, 7) is 4.18. The van der Waals surface area contributed by atoms with Crippen molar-refractivity contribution in [2.24, 2.45) is 7.05 Å². The normalized spacial score (nSPS) is 14.0. The minimum Gasteiger partial charge on any atom is -0.465 e. The van der Waals surface area contributed by atoms with E-state index in [0.717, 1.165) is 16.9 Å². The predicted molar refractivity (Wildman–Crippen MR) is 107 cm³/mol. The van der Waals surface area contributed by atoms with Gasteiger partial charge in [-0.15, -0.1) is 0 Å². The molecule has 1 aromatic carbocycles. The van der Waals surface area contributed by atoms with Gasteiger partial charge in [0.2, 0.25) is 0 Å². The van der Waals surface area contributed by atoms with Crippen molar-refractivity contribution >= 4 is 28.7 Å². The number of aromatic nitrogens is 2. The van der Waals surface area contributed by atoms with Crippen LogP contribution in [-0.2, 0) is 26.1 Å². The van der Waals surface area contributed by atoms with Crippen LogP contribution in [0.3, 0.4) is 0 Å². The first kappa shape index (κ1) is 19.4. The molecule has 0 bridgehead atoms. The van der Waals surface area contributed by atoms with Crippen molar-refractivity contribution in [3.8, 4) is 0 Å². The Hall–Kier alpha value is -3.35. The average Bonchev–Trinajstić information content (AvgIpc) is 2.88. The smallest absolute Gasteiger partial charge is 0.355 e. The molecule has 146 valence electrons. The van der Waals surface area contributed by atoms with Crippen molar-refractivity contribution in [3.63, 3.8) is 0 Å². The van der Waals surface area contributed by atoms with Gasteiger partial charge in [-0.3, -0.25) is 0 Å². The van der Waals surface area contributed by atoms with Crippen LogP contribution in [0.1, 0.15) is 25.6 Å². The molecule has 0 saturated heterocycles. The van der Waals surface area contributed by atoms with Crippen LogP contribution in [0, 0.1) is 0 Å². The van der Waals surface area contributed by atoms with Crippen LogP contribution in [0.5, 0.6) is 0 Å². The second-order valence-electron chi connectivity index (χ2n) is 6.67. The highest BCUT2D eigenvalue weighted by Gasteiger charge is 2.27. The maximum absolute atomic E-state index is 12.5. The van der Waals surface area contributed by atoms with Crippen molar-refractivity contribution in [2.75, 3.05) is 19.1 Å². The van der Waals surface area contributed by atoms with E-state index in [4.69, 9.17) is 14.5 Å². The van der Waals surface area contributed by atoms with Crippen LogP contribution >= 0.6 is 0 Å². The fourth-order valence-corrected chi connectivity index (χ4v) is 3.24. The summed E-state index contributed by atoms with van der Waals surface area (Å²) in [6, 6.07) is 5.71. The summed E-state index contributed by atoms with van der Waals surface area (Å²) in [7, 11) is 4.53. The molecule has 0 N–H and O–H groups in total. The molecular formula is C21H23N3O4. The number of rotatable bonds is 4. The molecule has 0 radical (unpaired) electrons.